The van der Waals surface area contributed by atoms with Gasteiger partial charge >= 0.3 is 6.18 Å². The number of nitrogens with two attached hydrogens (primary N) is 1. The van der Waals surface area contributed by atoms with Crippen LogP contribution in [0.25, 0.3) is 0 Å². The average molecular weight is 279 g/mol. The zero-order valence-electron chi connectivity index (χ0n) is 10.1. The van der Waals surface area contributed by atoms with Crippen molar-refractivity contribution in [1.29, 1.82) is 0 Å². The molecule has 0 unspecified atom stereocenters. The summed E-state index contributed by atoms with van der Waals surface area (Å²) in [5.41, 5.74) is 7.42. The van der Waals surface area contributed by atoms with Gasteiger partial charge in [0.05, 0.1) is 0 Å². The Labute approximate surface area is 109 Å². The molecule has 0 saturated heterocycles. The summed E-state index contributed by atoms with van der Waals surface area (Å²) >= 11 is 1.60. The molecule has 0 bridgehead atoms. The first-order valence-electron chi connectivity index (χ1n) is 5.52. The van der Waals surface area contributed by atoms with Crippen molar-refractivity contribution in [1.82, 2.24) is 0 Å². The van der Waals surface area contributed by atoms with E-state index >= 15 is 0 Å². The molecule has 1 aromatic rings. The maximum atomic E-state index is 11.8. The zero-order valence-corrected chi connectivity index (χ0v) is 10.9. The second kappa shape index (κ2) is 6.89. The van der Waals surface area contributed by atoms with Crippen molar-refractivity contribution in [2.75, 3.05) is 24.7 Å². The average Bonchev–Trinajstić information content (AvgIpc) is 2.24. The van der Waals surface area contributed by atoms with Crippen molar-refractivity contribution in [3.8, 4) is 0 Å². The summed E-state index contributed by atoms with van der Waals surface area (Å²) in [5.74, 6) is 0.725. The molecule has 1 rings (SSSR count). The quantitative estimate of drug-likeness (QED) is 0.490. The number of anilines is 1. The first-order chi connectivity index (χ1) is 8.38. The summed E-state index contributed by atoms with van der Waals surface area (Å²) in [6, 6.07) is 5.61. The molecule has 102 valence electrons. The number of halogens is 3. The molecule has 2 nitrogen and oxygen atoms in total. The third-order valence-corrected chi connectivity index (χ3v) is 3.42. The minimum atomic E-state index is -4.24. The Hall–Kier alpha value is -0.880. The molecule has 0 aliphatic rings. The van der Waals surface area contributed by atoms with Gasteiger partial charge in [0.15, 0.2) is 0 Å². The second-order valence-corrected chi connectivity index (χ2v) is 5.03. The molecular formula is C12H16F3NOS. The molecular weight excluding hydrogens is 263 g/mol. The molecule has 0 amide bonds. The van der Waals surface area contributed by atoms with Gasteiger partial charge in [-0.25, -0.2) is 0 Å². The second-order valence-electron chi connectivity index (χ2n) is 3.89. The van der Waals surface area contributed by atoms with Gasteiger partial charge in [-0.15, -0.1) is 11.8 Å². The number of benzene rings is 1. The van der Waals surface area contributed by atoms with Gasteiger partial charge in [-0.2, -0.15) is 13.2 Å². The van der Waals surface area contributed by atoms with E-state index in [1.807, 2.05) is 25.1 Å². The topological polar surface area (TPSA) is 35.2 Å². The lowest BCUT2D eigenvalue weighted by Gasteiger charge is -2.08. The van der Waals surface area contributed by atoms with E-state index in [9.17, 15) is 13.2 Å². The van der Waals surface area contributed by atoms with Crippen LogP contribution in [0.4, 0.5) is 18.9 Å². The summed E-state index contributed by atoms with van der Waals surface area (Å²) in [7, 11) is 0. The van der Waals surface area contributed by atoms with E-state index in [2.05, 4.69) is 4.74 Å². The summed E-state index contributed by atoms with van der Waals surface area (Å²) < 4.78 is 39.9. The summed E-state index contributed by atoms with van der Waals surface area (Å²) in [4.78, 5) is 1.10. The predicted molar refractivity (Wildman–Crippen MR) is 67.8 cm³/mol. The lowest BCUT2D eigenvalue weighted by atomic mass is 10.2. The van der Waals surface area contributed by atoms with Crippen LogP contribution in [0.5, 0.6) is 0 Å². The lowest BCUT2D eigenvalue weighted by Crippen LogP contribution is -2.17. The van der Waals surface area contributed by atoms with Crippen molar-refractivity contribution in [2.24, 2.45) is 0 Å². The highest BCUT2D eigenvalue weighted by Gasteiger charge is 2.27. The molecule has 0 aromatic heterocycles. The molecule has 0 fully saturated rings. The van der Waals surface area contributed by atoms with E-state index in [0.717, 1.165) is 16.2 Å². The fraction of sp³-hybridized carbons (Fsp3) is 0.500. The summed E-state index contributed by atoms with van der Waals surface area (Å²) in [6.07, 6.45) is -3.65. The molecule has 18 heavy (non-hydrogen) atoms. The smallest absolute Gasteiger partial charge is 0.399 e. The van der Waals surface area contributed by atoms with Gasteiger partial charge in [0.25, 0.3) is 0 Å². The molecule has 0 radical (unpaired) electrons. The van der Waals surface area contributed by atoms with Crippen molar-refractivity contribution < 1.29 is 17.9 Å². The van der Waals surface area contributed by atoms with Crippen LogP contribution >= 0.6 is 11.8 Å². The van der Waals surface area contributed by atoms with Crippen molar-refractivity contribution in [3.63, 3.8) is 0 Å². The SMILES string of the molecule is Cc1cc(N)ccc1SCCCOCC(F)(F)F. The number of ether oxygens (including phenoxy) is 1. The fourth-order valence-electron chi connectivity index (χ4n) is 1.37. The number of nitrogen functional groups attached to an aromatic ring is 1. The third-order valence-electron chi connectivity index (χ3n) is 2.16. The van der Waals surface area contributed by atoms with E-state index in [1.165, 1.54) is 0 Å². The fourth-order valence-corrected chi connectivity index (χ4v) is 2.30. The van der Waals surface area contributed by atoms with Gasteiger partial charge < -0.3 is 10.5 Å². The van der Waals surface area contributed by atoms with E-state index < -0.39 is 12.8 Å². The van der Waals surface area contributed by atoms with Crippen LogP contribution in [0.1, 0.15) is 12.0 Å². The predicted octanol–water partition coefficient (Wildman–Crippen LogP) is 3.64. The van der Waals surface area contributed by atoms with E-state index in [-0.39, 0.29) is 6.61 Å². The summed E-state index contributed by atoms with van der Waals surface area (Å²) in [5, 5.41) is 0. The Bertz CT molecular complexity index is 382. The van der Waals surface area contributed by atoms with Crippen LogP contribution in [-0.2, 0) is 4.74 Å². The third kappa shape index (κ3) is 6.16. The van der Waals surface area contributed by atoms with Crippen LogP contribution in [0.15, 0.2) is 23.1 Å². The van der Waals surface area contributed by atoms with Crippen LogP contribution in [0.3, 0.4) is 0 Å². The summed E-state index contributed by atoms with van der Waals surface area (Å²) in [6.45, 7) is 0.915. The molecule has 0 saturated carbocycles. The number of rotatable bonds is 6. The molecule has 0 aliphatic heterocycles. The van der Waals surface area contributed by atoms with Gasteiger partial charge in [0.1, 0.15) is 6.61 Å². The normalized spacial score (nSPS) is 11.8. The molecule has 0 spiro atoms. The number of aryl methyl sites for hydroxylation is 1. The van der Waals surface area contributed by atoms with E-state index in [1.54, 1.807) is 11.8 Å². The number of thioether (sulfide) groups is 1. The minimum Gasteiger partial charge on any atom is -0.399 e. The Balaban J connectivity index is 2.18. The molecule has 6 heteroatoms. The first kappa shape index (κ1) is 15.2. The molecule has 2 N–H and O–H groups in total. The largest absolute Gasteiger partial charge is 0.411 e. The zero-order chi connectivity index (χ0) is 13.6. The van der Waals surface area contributed by atoms with E-state index in [0.29, 0.717) is 12.1 Å². The monoisotopic (exact) mass is 279 g/mol. The van der Waals surface area contributed by atoms with Crippen molar-refractivity contribution in [3.05, 3.63) is 23.8 Å². The highest BCUT2D eigenvalue weighted by Crippen LogP contribution is 2.24. The van der Waals surface area contributed by atoms with Crippen LogP contribution in [0.2, 0.25) is 0 Å². The molecule has 1 aromatic carbocycles. The first-order valence-corrected chi connectivity index (χ1v) is 6.50. The van der Waals surface area contributed by atoms with Gasteiger partial charge in [-0.1, -0.05) is 0 Å². The van der Waals surface area contributed by atoms with Crippen molar-refractivity contribution in [2.45, 2.75) is 24.4 Å². The maximum absolute atomic E-state index is 11.8. The van der Waals surface area contributed by atoms with E-state index in [4.69, 9.17) is 5.73 Å². The maximum Gasteiger partial charge on any atom is 0.411 e. The van der Waals surface area contributed by atoms with Gasteiger partial charge in [0.2, 0.25) is 0 Å². The molecule has 0 aliphatic carbocycles. The van der Waals surface area contributed by atoms with Crippen LogP contribution in [0, 0.1) is 6.92 Å². The Morgan fingerprint density at radius 2 is 2.06 bits per heavy atom. The van der Waals surface area contributed by atoms with Gasteiger partial charge in [-0.3, -0.25) is 0 Å². The lowest BCUT2D eigenvalue weighted by molar-refractivity contribution is -0.173. The number of hydrogen-bond donors (Lipinski definition) is 1. The Morgan fingerprint density at radius 3 is 2.67 bits per heavy atom. The number of hydrogen-bond acceptors (Lipinski definition) is 3. The number of alkyl halides is 3. The van der Waals surface area contributed by atoms with Crippen LogP contribution < -0.4 is 5.73 Å². The highest BCUT2D eigenvalue weighted by atomic mass is 32.2. The Morgan fingerprint density at radius 1 is 1.33 bits per heavy atom. The minimum absolute atomic E-state index is 0.126. The standard InChI is InChI=1S/C12H16F3NOS/c1-9-7-10(16)3-4-11(9)18-6-2-5-17-8-12(13,14)15/h3-4,7H,2,5-6,8,16H2,1H3. The highest BCUT2D eigenvalue weighted by molar-refractivity contribution is 7.99. The molecule has 0 atom stereocenters. The van der Waals surface area contributed by atoms with Crippen molar-refractivity contribution >= 4 is 17.4 Å². The van der Waals surface area contributed by atoms with Gasteiger partial charge in [0, 0.05) is 22.9 Å². The van der Waals surface area contributed by atoms with Gasteiger partial charge in [-0.05, 0) is 37.1 Å². The Kier molecular flexibility index (Phi) is 5.81. The van der Waals surface area contributed by atoms with Crippen LogP contribution in [-0.4, -0.2) is 25.1 Å². The molecule has 0 heterocycles.